The van der Waals surface area contributed by atoms with Crippen molar-refractivity contribution in [2.24, 2.45) is 0 Å². The number of nitrogens with zero attached hydrogens (tertiary/aromatic N) is 1. The Bertz CT molecular complexity index is 270. The van der Waals surface area contributed by atoms with Gasteiger partial charge in [0, 0.05) is 45.5 Å². The van der Waals surface area contributed by atoms with Crippen LogP contribution in [0.1, 0.15) is 32.1 Å². The van der Waals surface area contributed by atoms with Crippen LogP contribution in [0, 0.1) is 0 Å². The summed E-state index contributed by atoms with van der Waals surface area (Å²) >= 11 is 0. The minimum atomic E-state index is 0.115. The fraction of sp³-hybridized carbons (Fsp3) is 0.929. The Balaban J connectivity index is 1.69. The van der Waals surface area contributed by atoms with Crippen LogP contribution in [0.15, 0.2) is 0 Å². The van der Waals surface area contributed by atoms with Gasteiger partial charge in [0.05, 0.1) is 0 Å². The van der Waals surface area contributed by atoms with Crippen molar-refractivity contribution in [1.82, 2.24) is 10.2 Å². The Morgan fingerprint density at radius 3 is 2.68 bits per heavy atom. The normalized spacial score (nSPS) is 26.2. The fourth-order valence-electron chi connectivity index (χ4n) is 2.91. The summed E-state index contributed by atoms with van der Waals surface area (Å²) in [7, 11) is 1.57. The van der Waals surface area contributed by atoms with Gasteiger partial charge < -0.3 is 19.7 Å². The maximum Gasteiger partial charge on any atom is 0.248 e. The zero-order chi connectivity index (χ0) is 13.5. The van der Waals surface area contributed by atoms with Crippen molar-refractivity contribution in [1.29, 1.82) is 0 Å². The van der Waals surface area contributed by atoms with Gasteiger partial charge in [0.15, 0.2) is 0 Å². The Labute approximate surface area is 115 Å². The third kappa shape index (κ3) is 4.75. The molecule has 0 radical (unpaired) electrons. The number of carbonyl (C=O) groups is 1. The van der Waals surface area contributed by atoms with Gasteiger partial charge in [0.25, 0.3) is 0 Å². The van der Waals surface area contributed by atoms with Crippen LogP contribution in [0.2, 0.25) is 0 Å². The average molecular weight is 270 g/mol. The molecule has 0 saturated carbocycles. The van der Waals surface area contributed by atoms with Gasteiger partial charge in [-0.1, -0.05) is 0 Å². The zero-order valence-corrected chi connectivity index (χ0v) is 11.9. The Kier molecular flexibility index (Phi) is 6.07. The molecule has 0 aromatic heterocycles. The van der Waals surface area contributed by atoms with E-state index < -0.39 is 0 Å². The number of amides is 1. The van der Waals surface area contributed by atoms with E-state index in [2.05, 4.69) is 5.32 Å². The number of rotatable bonds is 4. The number of likely N-dealkylation sites (tertiary alicyclic amines) is 1. The molecule has 2 rings (SSSR count). The molecule has 5 heteroatoms. The standard InChI is InChI=1S/C14H26N2O3/c1-18-11-14(17)16-7-4-13(5-8-16)15-12-3-2-9-19-10-6-12/h12-13,15H,2-11H2,1H3. The monoisotopic (exact) mass is 270 g/mol. The third-order valence-electron chi connectivity index (χ3n) is 4.04. The molecule has 19 heavy (non-hydrogen) atoms. The van der Waals surface area contributed by atoms with E-state index >= 15 is 0 Å². The maximum atomic E-state index is 11.7. The quantitative estimate of drug-likeness (QED) is 0.820. The van der Waals surface area contributed by atoms with Crippen molar-refractivity contribution >= 4 is 5.91 Å². The second-order valence-electron chi connectivity index (χ2n) is 5.49. The van der Waals surface area contributed by atoms with Gasteiger partial charge in [-0.25, -0.2) is 0 Å². The average Bonchev–Trinajstić information content (AvgIpc) is 2.68. The van der Waals surface area contributed by atoms with Crippen LogP contribution in [0.25, 0.3) is 0 Å². The number of hydrogen-bond donors (Lipinski definition) is 1. The van der Waals surface area contributed by atoms with Crippen molar-refractivity contribution in [2.75, 3.05) is 40.0 Å². The Morgan fingerprint density at radius 2 is 1.95 bits per heavy atom. The van der Waals surface area contributed by atoms with E-state index in [9.17, 15) is 4.79 Å². The molecule has 5 nitrogen and oxygen atoms in total. The number of ether oxygens (including phenoxy) is 2. The molecule has 2 aliphatic rings. The largest absolute Gasteiger partial charge is 0.381 e. The molecule has 1 N–H and O–H groups in total. The highest BCUT2D eigenvalue weighted by molar-refractivity contribution is 5.77. The van der Waals surface area contributed by atoms with Crippen LogP contribution in [0.4, 0.5) is 0 Å². The second kappa shape index (κ2) is 7.82. The highest BCUT2D eigenvalue weighted by Crippen LogP contribution is 2.15. The molecule has 1 amide bonds. The van der Waals surface area contributed by atoms with Gasteiger partial charge in [0.1, 0.15) is 6.61 Å². The summed E-state index contributed by atoms with van der Waals surface area (Å²) < 4.78 is 10.4. The molecule has 2 heterocycles. The first-order valence-electron chi connectivity index (χ1n) is 7.40. The summed E-state index contributed by atoms with van der Waals surface area (Å²) in [5.41, 5.74) is 0. The smallest absolute Gasteiger partial charge is 0.248 e. The fourth-order valence-corrected chi connectivity index (χ4v) is 2.91. The minimum absolute atomic E-state index is 0.115. The van der Waals surface area contributed by atoms with Gasteiger partial charge in [-0.15, -0.1) is 0 Å². The zero-order valence-electron chi connectivity index (χ0n) is 11.9. The Morgan fingerprint density at radius 1 is 1.21 bits per heavy atom. The molecule has 2 fully saturated rings. The van der Waals surface area contributed by atoms with E-state index in [0.717, 1.165) is 52.0 Å². The number of piperidine rings is 1. The number of hydrogen-bond acceptors (Lipinski definition) is 4. The van der Waals surface area contributed by atoms with Gasteiger partial charge in [-0.05, 0) is 32.1 Å². The topological polar surface area (TPSA) is 50.8 Å². The summed E-state index contributed by atoms with van der Waals surface area (Å²) in [5, 5.41) is 3.74. The summed E-state index contributed by atoms with van der Waals surface area (Å²) in [6.07, 6.45) is 5.58. The van der Waals surface area contributed by atoms with E-state index in [1.165, 1.54) is 6.42 Å². The molecule has 0 aromatic rings. The van der Waals surface area contributed by atoms with E-state index in [1.807, 2.05) is 4.90 Å². The third-order valence-corrected chi connectivity index (χ3v) is 4.04. The number of methoxy groups -OCH3 is 1. The van der Waals surface area contributed by atoms with E-state index in [0.29, 0.717) is 12.1 Å². The van der Waals surface area contributed by atoms with Gasteiger partial charge in [0.2, 0.25) is 5.91 Å². The van der Waals surface area contributed by atoms with Crippen molar-refractivity contribution < 1.29 is 14.3 Å². The Hall–Kier alpha value is -0.650. The molecule has 0 bridgehead atoms. The van der Waals surface area contributed by atoms with Crippen LogP contribution in [-0.2, 0) is 14.3 Å². The molecule has 2 aliphatic heterocycles. The second-order valence-corrected chi connectivity index (χ2v) is 5.49. The molecule has 2 saturated heterocycles. The van der Waals surface area contributed by atoms with Crippen LogP contribution >= 0.6 is 0 Å². The minimum Gasteiger partial charge on any atom is -0.381 e. The molecule has 0 spiro atoms. The maximum absolute atomic E-state index is 11.7. The van der Waals surface area contributed by atoms with Crippen molar-refractivity contribution in [3.05, 3.63) is 0 Å². The number of carbonyl (C=O) groups excluding carboxylic acids is 1. The van der Waals surface area contributed by atoms with Crippen molar-refractivity contribution in [2.45, 2.75) is 44.2 Å². The predicted octanol–water partition coefficient (Wildman–Crippen LogP) is 0.783. The lowest BCUT2D eigenvalue weighted by Crippen LogP contribution is -2.48. The van der Waals surface area contributed by atoms with Gasteiger partial charge >= 0.3 is 0 Å². The molecular formula is C14H26N2O3. The summed E-state index contributed by atoms with van der Waals surface area (Å²) in [5.74, 6) is 0.115. The first-order chi connectivity index (χ1) is 9.29. The van der Waals surface area contributed by atoms with E-state index in [4.69, 9.17) is 9.47 Å². The predicted molar refractivity (Wildman–Crippen MR) is 73.1 cm³/mol. The lowest BCUT2D eigenvalue weighted by Gasteiger charge is -2.34. The molecular weight excluding hydrogens is 244 g/mol. The summed E-state index contributed by atoms with van der Waals surface area (Å²) in [6, 6.07) is 1.14. The van der Waals surface area contributed by atoms with Crippen LogP contribution in [0.5, 0.6) is 0 Å². The van der Waals surface area contributed by atoms with Crippen LogP contribution in [0.3, 0.4) is 0 Å². The highest BCUT2D eigenvalue weighted by Gasteiger charge is 2.24. The lowest BCUT2D eigenvalue weighted by molar-refractivity contribution is -0.136. The molecule has 110 valence electrons. The lowest BCUT2D eigenvalue weighted by atomic mass is 10.0. The van der Waals surface area contributed by atoms with Crippen LogP contribution < -0.4 is 5.32 Å². The van der Waals surface area contributed by atoms with Gasteiger partial charge in [-0.3, -0.25) is 4.79 Å². The summed E-state index contributed by atoms with van der Waals surface area (Å²) in [6.45, 7) is 3.69. The molecule has 0 aromatic carbocycles. The molecule has 1 unspecified atom stereocenters. The molecule has 1 atom stereocenters. The summed E-state index contributed by atoms with van der Waals surface area (Å²) in [4.78, 5) is 13.6. The first kappa shape index (κ1) is 14.8. The van der Waals surface area contributed by atoms with Gasteiger partial charge in [-0.2, -0.15) is 0 Å². The van der Waals surface area contributed by atoms with E-state index in [1.54, 1.807) is 7.11 Å². The van der Waals surface area contributed by atoms with Crippen LogP contribution in [-0.4, -0.2) is 62.9 Å². The van der Waals surface area contributed by atoms with Crippen molar-refractivity contribution in [3.63, 3.8) is 0 Å². The number of nitrogens with one attached hydrogen (secondary N) is 1. The highest BCUT2D eigenvalue weighted by atomic mass is 16.5. The first-order valence-corrected chi connectivity index (χ1v) is 7.40. The van der Waals surface area contributed by atoms with E-state index in [-0.39, 0.29) is 12.5 Å². The van der Waals surface area contributed by atoms with Crippen molar-refractivity contribution in [3.8, 4) is 0 Å². The molecule has 0 aliphatic carbocycles. The SMILES string of the molecule is COCC(=O)N1CCC(NC2CCCOCC2)CC1.